The molecule has 4 aliphatic rings. The normalized spacial score (nSPS) is 21.2. The Morgan fingerprint density at radius 1 is 0.793 bits per heavy atom. The Kier molecular flexibility index (Phi) is 4.26. The first-order chi connectivity index (χ1) is 14.2. The number of benzene rings is 3. The van der Waals surface area contributed by atoms with Crippen LogP contribution in [0, 0.1) is 0 Å². The Labute approximate surface area is 191 Å². The fraction of sp³-hybridized carbons (Fsp3) is 0.0769. The lowest BCUT2D eigenvalue weighted by Gasteiger charge is -2.24. The molecule has 3 aromatic carbocycles. The quantitative estimate of drug-likeness (QED) is 0.334. The van der Waals surface area contributed by atoms with Crippen LogP contribution in [0.25, 0.3) is 11.6 Å². The smallest absolute Gasteiger partial charge is 0.0359 e. The van der Waals surface area contributed by atoms with Gasteiger partial charge >= 0.3 is 0 Å². The number of hydrogen-bond acceptors (Lipinski definition) is 1. The van der Waals surface area contributed by atoms with Crippen molar-refractivity contribution in [3.63, 3.8) is 0 Å². The van der Waals surface area contributed by atoms with E-state index >= 15 is 0 Å². The Morgan fingerprint density at radius 3 is 2.38 bits per heavy atom. The van der Waals surface area contributed by atoms with Gasteiger partial charge in [0.05, 0.1) is 0 Å². The lowest BCUT2D eigenvalue weighted by molar-refractivity contribution is 1.01. The third kappa shape index (κ3) is 2.78. The van der Waals surface area contributed by atoms with Crippen LogP contribution in [0.2, 0.25) is 0 Å². The molecule has 2 atom stereocenters. The summed E-state index contributed by atoms with van der Waals surface area (Å²) in [5.41, 5.74) is 8.30. The highest BCUT2D eigenvalue weighted by Crippen LogP contribution is 2.63. The summed E-state index contributed by atoms with van der Waals surface area (Å²) >= 11 is 9.32. The Morgan fingerprint density at radius 2 is 1.59 bits per heavy atom. The summed E-state index contributed by atoms with van der Waals surface area (Å²) in [7, 11) is 0. The second kappa shape index (κ2) is 6.87. The van der Waals surface area contributed by atoms with Crippen LogP contribution in [-0.2, 0) is 0 Å². The maximum atomic E-state index is 3.83. The van der Waals surface area contributed by atoms with Gasteiger partial charge in [-0.25, -0.2) is 0 Å². The molecule has 0 saturated carbocycles. The van der Waals surface area contributed by atoms with Gasteiger partial charge in [-0.05, 0) is 46.0 Å². The van der Waals surface area contributed by atoms with Crippen molar-refractivity contribution in [2.75, 3.05) is 0 Å². The van der Waals surface area contributed by atoms with Crippen molar-refractivity contribution < 1.29 is 0 Å². The van der Waals surface area contributed by atoms with Gasteiger partial charge in [0.15, 0.2) is 0 Å². The lowest BCUT2D eigenvalue weighted by atomic mass is 9.88. The van der Waals surface area contributed by atoms with Crippen LogP contribution in [0.3, 0.4) is 0 Å². The SMILES string of the molecule is Brc1ccc(C2=C3SC2=CC3c2ccc(Br)c3c2C=CC3c2ccccc2)cc1. The Hall–Kier alpha value is -1.81. The molecular formula is C26H16Br2S. The van der Waals surface area contributed by atoms with Crippen LogP contribution in [0.4, 0.5) is 0 Å². The number of hydrogen-bond donors (Lipinski definition) is 0. The summed E-state index contributed by atoms with van der Waals surface area (Å²) in [5, 5.41) is 0. The van der Waals surface area contributed by atoms with Crippen LogP contribution in [0.1, 0.15) is 39.7 Å². The van der Waals surface area contributed by atoms with Crippen LogP contribution in [0.5, 0.6) is 0 Å². The summed E-state index contributed by atoms with van der Waals surface area (Å²) in [6, 6.07) is 24.0. The lowest BCUT2D eigenvalue weighted by Crippen LogP contribution is -2.04. The van der Waals surface area contributed by atoms with E-state index in [4.69, 9.17) is 0 Å². The average molecular weight is 520 g/mol. The minimum absolute atomic E-state index is 0.317. The van der Waals surface area contributed by atoms with E-state index in [-0.39, 0.29) is 0 Å². The fourth-order valence-electron chi connectivity index (χ4n) is 4.62. The first-order valence-corrected chi connectivity index (χ1v) is 12.1. The van der Waals surface area contributed by atoms with Gasteiger partial charge in [0, 0.05) is 36.2 Å². The minimum atomic E-state index is 0.317. The molecule has 0 fully saturated rings. The second-order valence-electron chi connectivity index (χ2n) is 7.57. The first-order valence-electron chi connectivity index (χ1n) is 9.66. The highest BCUT2D eigenvalue weighted by molar-refractivity contribution is 9.10. The second-order valence-corrected chi connectivity index (χ2v) is 10.4. The third-order valence-corrected chi connectivity index (χ3v) is 8.43. The van der Waals surface area contributed by atoms with Gasteiger partial charge in [0.1, 0.15) is 0 Å². The average Bonchev–Trinajstić information content (AvgIpc) is 3.44. The maximum Gasteiger partial charge on any atom is 0.0359 e. The van der Waals surface area contributed by atoms with Crippen molar-refractivity contribution in [3.05, 3.63) is 125 Å². The molecule has 0 spiro atoms. The molecule has 2 aliphatic carbocycles. The van der Waals surface area contributed by atoms with Crippen LogP contribution < -0.4 is 0 Å². The third-order valence-electron chi connectivity index (χ3n) is 5.97. The zero-order chi connectivity index (χ0) is 19.5. The first kappa shape index (κ1) is 18.0. The summed E-state index contributed by atoms with van der Waals surface area (Å²) in [6.45, 7) is 0. The van der Waals surface area contributed by atoms with E-state index in [1.807, 2.05) is 11.8 Å². The molecule has 0 amide bonds. The van der Waals surface area contributed by atoms with Gasteiger partial charge in [0.25, 0.3) is 0 Å². The standard InChI is InChI=1S/C26H16Br2S/c27-17-8-6-16(7-9-17)24-23-14-21(26(24)29-23)19-12-13-22(28)25-18(10-11-20(19)25)15-4-2-1-3-5-15/h1-14,18,21H. The zero-order valence-corrected chi connectivity index (χ0v) is 19.4. The number of fused-ring (bicyclic) bond motifs is 2. The van der Waals surface area contributed by atoms with Gasteiger partial charge in [0.2, 0.25) is 0 Å². The van der Waals surface area contributed by atoms with Crippen molar-refractivity contribution in [1.29, 1.82) is 0 Å². The van der Waals surface area contributed by atoms with E-state index < -0.39 is 0 Å². The minimum Gasteiger partial charge on any atom is -0.0925 e. The number of halogens is 2. The molecule has 140 valence electrons. The number of rotatable bonds is 3. The summed E-state index contributed by atoms with van der Waals surface area (Å²) < 4.78 is 2.32. The predicted molar refractivity (Wildman–Crippen MR) is 131 cm³/mol. The van der Waals surface area contributed by atoms with E-state index in [9.17, 15) is 0 Å². The molecule has 2 bridgehead atoms. The van der Waals surface area contributed by atoms with Crippen LogP contribution in [0.15, 0.2) is 97.6 Å². The van der Waals surface area contributed by atoms with Gasteiger partial charge in [-0.3, -0.25) is 0 Å². The van der Waals surface area contributed by atoms with Crippen LogP contribution in [-0.4, -0.2) is 0 Å². The van der Waals surface area contributed by atoms with Gasteiger partial charge in [-0.15, -0.1) is 0 Å². The summed E-state index contributed by atoms with van der Waals surface area (Å²) in [5.74, 6) is 0.687. The van der Waals surface area contributed by atoms with E-state index in [1.165, 1.54) is 47.7 Å². The zero-order valence-electron chi connectivity index (χ0n) is 15.4. The molecule has 0 N–H and O–H groups in total. The molecular weight excluding hydrogens is 504 g/mol. The maximum absolute atomic E-state index is 3.83. The van der Waals surface area contributed by atoms with Crippen molar-refractivity contribution in [3.8, 4) is 0 Å². The molecule has 7 rings (SSSR count). The van der Waals surface area contributed by atoms with Gasteiger partial charge in [-0.2, -0.15) is 0 Å². The fourth-order valence-corrected chi connectivity index (χ4v) is 6.74. The Bertz CT molecular complexity index is 1230. The van der Waals surface area contributed by atoms with Gasteiger partial charge < -0.3 is 0 Å². The topological polar surface area (TPSA) is 0 Å². The van der Waals surface area contributed by atoms with Crippen LogP contribution >= 0.6 is 43.6 Å². The van der Waals surface area contributed by atoms with E-state index in [1.54, 1.807) is 0 Å². The molecule has 0 aromatic heterocycles. The molecule has 3 heteroatoms. The Balaban J connectivity index is 1.43. The number of thioether (sulfide) groups is 1. The molecule has 29 heavy (non-hydrogen) atoms. The van der Waals surface area contributed by atoms with Crippen molar-refractivity contribution in [2.45, 2.75) is 11.8 Å². The molecule has 0 nitrogen and oxygen atoms in total. The van der Waals surface area contributed by atoms with E-state index in [0.717, 1.165) is 4.47 Å². The molecule has 0 saturated heterocycles. The highest BCUT2D eigenvalue weighted by atomic mass is 79.9. The molecule has 2 aliphatic heterocycles. The van der Waals surface area contributed by atoms with E-state index in [2.05, 4.69) is 117 Å². The monoisotopic (exact) mass is 518 g/mol. The molecule has 3 aromatic rings. The van der Waals surface area contributed by atoms with Crippen molar-refractivity contribution in [1.82, 2.24) is 0 Å². The molecule has 0 radical (unpaired) electrons. The molecule has 2 heterocycles. The van der Waals surface area contributed by atoms with Gasteiger partial charge in [-0.1, -0.05) is 110 Å². The molecule has 2 unspecified atom stereocenters. The summed E-state index contributed by atoms with van der Waals surface area (Å²) in [6.07, 6.45) is 7.12. The highest BCUT2D eigenvalue weighted by Gasteiger charge is 2.40. The van der Waals surface area contributed by atoms with Crippen molar-refractivity contribution in [2.24, 2.45) is 0 Å². The van der Waals surface area contributed by atoms with Crippen molar-refractivity contribution >= 4 is 55.3 Å². The predicted octanol–water partition coefficient (Wildman–Crippen LogP) is 8.51. The summed E-state index contributed by atoms with van der Waals surface area (Å²) in [4.78, 5) is 2.91. The largest absolute Gasteiger partial charge is 0.0925 e. The van der Waals surface area contributed by atoms with E-state index in [0.29, 0.717) is 11.8 Å². The number of allylic oxidation sites excluding steroid dienone is 4.